The van der Waals surface area contributed by atoms with Gasteiger partial charge in [-0.05, 0) is 49.8 Å². The van der Waals surface area contributed by atoms with Crippen LogP contribution in [-0.4, -0.2) is 52.5 Å². The summed E-state index contributed by atoms with van der Waals surface area (Å²) in [5.41, 5.74) is 0.854. The molecule has 2 fully saturated rings. The smallest absolute Gasteiger partial charge is 0.338 e. The zero-order chi connectivity index (χ0) is 20.7. The van der Waals surface area contributed by atoms with E-state index in [2.05, 4.69) is 9.88 Å². The molecule has 0 aromatic carbocycles. The second-order valence-electron chi connectivity index (χ2n) is 8.55. The molecular formula is C22H32F3N3O. The lowest BCUT2D eigenvalue weighted by Gasteiger charge is -2.41. The maximum atomic E-state index is 12.6. The SMILES string of the molecule is O=C(CCC(F)(F)F)N(Cc1cccnc1)CC1CCCN(C2CCCCC2)C1. The van der Waals surface area contributed by atoms with E-state index in [4.69, 9.17) is 0 Å². The number of halogens is 3. The van der Waals surface area contributed by atoms with Crippen LogP contribution in [0.1, 0.15) is 63.4 Å². The first kappa shape index (κ1) is 22.1. The molecule has 0 N–H and O–H groups in total. The molecule has 4 nitrogen and oxygen atoms in total. The van der Waals surface area contributed by atoms with Gasteiger partial charge >= 0.3 is 6.18 Å². The zero-order valence-corrected chi connectivity index (χ0v) is 17.0. The highest BCUT2D eigenvalue weighted by molar-refractivity contribution is 5.76. The predicted octanol–water partition coefficient (Wildman–Crippen LogP) is 4.80. The number of carbonyl (C=O) groups is 1. The van der Waals surface area contributed by atoms with Gasteiger partial charge in [-0.1, -0.05) is 25.3 Å². The second-order valence-corrected chi connectivity index (χ2v) is 8.55. The van der Waals surface area contributed by atoms with Crippen LogP contribution in [0.15, 0.2) is 24.5 Å². The maximum Gasteiger partial charge on any atom is 0.389 e. The van der Waals surface area contributed by atoms with Gasteiger partial charge in [-0.3, -0.25) is 9.78 Å². The van der Waals surface area contributed by atoms with Gasteiger partial charge in [-0.15, -0.1) is 0 Å². The van der Waals surface area contributed by atoms with Gasteiger partial charge in [-0.25, -0.2) is 0 Å². The van der Waals surface area contributed by atoms with Gasteiger partial charge in [0.15, 0.2) is 0 Å². The Morgan fingerprint density at radius 2 is 1.97 bits per heavy atom. The van der Waals surface area contributed by atoms with Crippen LogP contribution >= 0.6 is 0 Å². The first-order valence-electron chi connectivity index (χ1n) is 10.9. The van der Waals surface area contributed by atoms with E-state index in [-0.39, 0.29) is 0 Å². The minimum absolute atomic E-state index is 0.317. The molecule has 1 aromatic rings. The highest BCUT2D eigenvalue weighted by Crippen LogP contribution is 2.28. The van der Waals surface area contributed by atoms with E-state index in [9.17, 15) is 18.0 Å². The molecule has 2 heterocycles. The van der Waals surface area contributed by atoms with Gasteiger partial charge in [-0.2, -0.15) is 13.2 Å². The fourth-order valence-electron chi connectivity index (χ4n) is 4.71. The number of aromatic nitrogens is 1. The number of rotatable bonds is 7. The summed E-state index contributed by atoms with van der Waals surface area (Å²) < 4.78 is 37.9. The van der Waals surface area contributed by atoms with Gasteiger partial charge in [0.2, 0.25) is 5.91 Å². The standard InChI is InChI=1S/C22H32F3N3O/c23-22(24,25)11-10-21(29)28(15-18-6-4-12-26-14-18)17-19-7-5-13-27(16-19)20-8-2-1-3-9-20/h4,6,12,14,19-20H,1-3,5,7-11,13,15-17H2. The molecule has 0 bridgehead atoms. The summed E-state index contributed by atoms with van der Waals surface area (Å²) in [5.74, 6) is -0.0989. The molecule has 7 heteroatoms. The van der Waals surface area contributed by atoms with Crippen molar-refractivity contribution < 1.29 is 18.0 Å². The van der Waals surface area contributed by atoms with E-state index in [0.717, 1.165) is 31.5 Å². The van der Waals surface area contributed by atoms with Crippen molar-refractivity contribution in [3.63, 3.8) is 0 Å². The molecule has 2 aliphatic rings. The normalized spacial score (nSPS) is 21.8. The molecule has 1 aromatic heterocycles. The fourth-order valence-corrected chi connectivity index (χ4v) is 4.71. The molecule has 1 saturated carbocycles. The Morgan fingerprint density at radius 1 is 1.17 bits per heavy atom. The lowest BCUT2D eigenvalue weighted by Crippen LogP contribution is -2.47. The number of piperidine rings is 1. The van der Waals surface area contributed by atoms with Crippen LogP contribution in [0.25, 0.3) is 0 Å². The number of amides is 1. The van der Waals surface area contributed by atoms with Crippen LogP contribution < -0.4 is 0 Å². The Kier molecular flexibility index (Phi) is 7.92. The second kappa shape index (κ2) is 10.4. The van der Waals surface area contributed by atoms with Crippen LogP contribution in [0.2, 0.25) is 0 Å². The van der Waals surface area contributed by atoms with Crippen LogP contribution in [0.3, 0.4) is 0 Å². The first-order chi connectivity index (χ1) is 13.9. The van der Waals surface area contributed by atoms with Crippen molar-refractivity contribution in [2.45, 2.75) is 76.6 Å². The molecule has 1 amide bonds. The predicted molar refractivity (Wildman–Crippen MR) is 106 cm³/mol. The largest absolute Gasteiger partial charge is 0.389 e. The molecule has 3 rings (SSSR count). The van der Waals surface area contributed by atoms with E-state index in [1.54, 1.807) is 23.4 Å². The molecule has 1 aliphatic carbocycles. The van der Waals surface area contributed by atoms with E-state index in [1.165, 1.54) is 32.1 Å². The van der Waals surface area contributed by atoms with Gasteiger partial charge in [0.25, 0.3) is 0 Å². The van der Waals surface area contributed by atoms with Crippen LogP contribution in [0, 0.1) is 5.92 Å². The van der Waals surface area contributed by atoms with E-state index >= 15 is 0 Å². The molecule has 0 radical (unpaired) electrons. The number of hydrogen-bond donors (Lipinski definition) is 0. The molecule has 1 aliphatic heterocycles. The number of carbonyl (C=O) groups excluding carboxylic acids is 1. The quantitative estimate of drug-likeness (QED) is 0.647. The Morgan fingerprint density at radius 3 is 2.66 bits per heavy atom. The van der Waals surface area contributed by atoms with Crippen molar-refractivity contribution in [2.75, 3.05) is 19.6 Å². The summed E-state index contributed by atoms with van der Waals surface area (Å²) in [6, 6.07) is 4.30. The highest BCUT2D eigenvalue weighted by Gasteiger charge is 2.31. The molecule has 0 spiro atoms. The Labute approximate surface area is 171 Å². The summed E-state index contributed by atoms with van der Waals surface area (Å²) >= 11 is 0. The van der Waals surface area contributed by atoms with Crippen molar-refractivity contribution in [3.8, 4) is 0 Å². The third-order valence-corrected chi connectivity index (χ3v) is 6.19. The van der Waals surface area contributed by atoms with Crippen molar-refractivity contribution in [3.05, 3.63) is 30.1 Å². The molecule has 1 saturated heterocycles. The van der Waals surface area contributed by atoms with E-state index < -0.39 is 24.9 Å². The van der Waals surface area contributed by atoms with Gasteiger partial charge in [0.1, 0.15) is 0 Å². The fraction of sp³-hybridized carbons (Fsp3) is 0.727. The summed E-state index contributed by atoms with van der Waals surface area (Å²) in [5, 5.41) is 0. The first-order valence-corrected chi connectivity index (χ1v) is 10.9. The third kappa shape index (κ3) is 7.28. The topological polar surface area (TPSA) is 36.4 Å². The lowest BCUT2D eigenvalue weighted by atomic mass is 9.90. The van der Waals surface area contributed by atoms with Gasteiger partial charge in [0, 0.05) is 44.5 Å². The Bertz CT molecular complexity index is 632. The van der Waals surface area contributed by atoms with Crippen molar-refractivity contribution >= 4 is 5.91 Å². The molecular weight excluding hydrogens is 379 g/mol. The maximum absolute atomic E-state index is 12.6. The van der Waals surface area contributed by atoms with Crippen molar-refractivity contribution in [1.29, 1.82) is 0 Å². The number of alkyl halides is 3. The van der Waals surface area contributed by atoms with Crippen molar-refractivity contribution in [2.24, 2.45) is 5.92 Å². The summed E-state index contributed by atoms with van der Waals surface area (Å²) in [7, 11) is 0. The number of pyridine rings is 1. The van der Waals surface area contributed by atoms with Gasteiger partial charge in [0.05, 0.1) is 6.42 Å². The van der Waals surface area contributed by atoms with Gasteiger partial charge < -0.3 is 9.80 Å². The molecule has 162 valence electrons. The van der Waals surface area contributed by atoms with Crippen LogP contribution in [0.4, 0.5) is 13.2 Å². The number of nitrogens with zero attached hydrogens (tertiary/aromatic N) is 3. The minimum atomic E-state index is -4.31. The lowest BCUT2D eigenvalue weighted by molar-refractivity contribution is -0.150. The summed E-state index contributed by atoms with van der Waals surface area (Å²) in [6.45, 7) is 2.89. The summed E-state index contributed by atoms with van der Waals surface area (Å²) in [6.07, 6.45) is 5.99. The third-order valence-electron chi connectivity index (χ3n) is 6.19. The average molecular weight is 412 g/mol. The summed E-state index contributed by atoms with van der Waals surface area (Å²) in [4.78, 5) is 20.9. The van der Waals surface area contributed by atoms with E-state index in [0.29, 0.717) is 25.0 Å². The molecule has 1 unspecified atom stereocenters. The van der Waals surface area contributed by atoms with Crippen LogP contribution in [-0.2, 0) is 11.3 Å². The average Bonchev–Trinajstić information content (AvgIpc) is 2.73. The number of hydrogen-bond acceptors (Lipinski definition) is 3. The van der Waals surface area contributed by atoms with Crippen molar-refractivity contribution in [1.82, 2.24) is 14.8 Å². The molecule has 1 atom stereocenters. The Balaban J connectivity index is 1.62. The number of likely N-dealkylation sites (tertiary alicyclic amines) is 1. The van der Waals surface area contributed by atoms with Crippen LogP contribution in [0.5, 0.6) is 0 Å². The highest BCUT2D eigenvalue weighted by atomic mass is 19.4. The van der Waals surface area contributed by atoms with E-state index in [1.807, 2.05) is 6.07 Å². The monoisotopic (exact) mass is 411 g/mol. The minimum Gasteiger partial charge on any atom is -0.338 e. The Hall–Kier alpha value is -1.63. The zero-order valence-electron chi connectivity index (χ0n) is 17.0. The molecule has 29 heavy (non-hydrogen) atoms.